The maximum atomic E-state index is 12.7. The predicted octanol–water partition coefficient (Wildman–Crippen LogP) is 4.80. The maximum absolute atomic E-state index is 12.7. The number of halogens is 5. The van der Waals surface area contributed by atoms with Crippen molar-refractivity contribution < 1.29 is 28.2 Å². The van der Waals surface area contributed by atoms with Gasteiger partial charge in [-0.2, -0.15) is 13.2 Å². The summed E-state index contributed by atoms with van der Waals surface area (Å²) in [5.41, 5.74) is 0.250. The zero-order valence-corrected chi connectivity index (χ0v) is 17.3. The third-order valence-corrected chi connectivity index (χ3v) is 6.49. The van der Waals surface area contributed by atoms with Gasteiger partial charge in [-0.1, -0.05) is 23.2 Å². The number of amides is 1. The molecule has 1 aromatic carbocycles. The van der Waals surface area contributed by atoms with Crippen LogP contribution >= 0.6 is 35.0 Å². The van der Waals surface area contributed by atoms with Crippen molar-refractivity contribution in [1.82, 2.24) is 9.88 Å². The minimum atomic E-state index is -4.52. The van der Waals surface area contributed by atoms with Gasteiger partial charge < -0.3 is 15.1 Å². The van der Waals surface area contributed by atoms with Gasteiger partial charge in [0.2, 0.25) is 5.91 Å². The molecule has 0 saturated carbocycles. The van der Waals surface area contributed by atoms with Gasteiger partial charge in [-0.15, -0.1) is 11.8 Å². The smallest absolute Gasteiger partial charge is 0.433 e. The third-order valence-electron chi connectivity index (χ3n) is 4.55. The lowest BCUT2D eigenvalue weighted by atomic mass is 9.98. The lowest BCUT2D eigenvalue weighted by Crippen LogP contribution is -2.37. The summed E-state index contributed by atoms with van der Waals surface area (Å²) >= 11 is 13.2. The fraction of sp³-hybridized carbons (Fsp3) is 0.333. The second kappa shape index (κ2) is 8.12. The molecule has 0 bridgehead atoms. The normalized spacial score (nSPS) is 14.1. The molecule has 0 unspecified atom stereocenters. The van der Waals surface area contributed by atoms with Crippen molar-refractivity contribution in [3.8, 4) is 11.5 Å². The van der Waals surface area contributed by atoms with Crippen LogP contribution < -0.4 is 0 Å². The molecule has 29 heavy (non-hydrogen) atoms. The number of phenols is 2. The first kappa shape index (κ1) is 21.9. The number of aromatic nitrogens is 1. The predicted molar refractivity (Wildman–Crippen MR) is 104 cm³/mol. The molecule has 1 aliphatic heterocycles. The van der Waals surface area contributed by atoms with Crippen LogP contribution in [0.25, 0.3) is 0 Å². The highest BCUT2D eigenvalue weighted by molar-refractivity contribution is 8.00. The van der Waals surface area contributed by atoms with Crippen molar-refractivity contribution in [3.05, 3.63) is 44.7 Å². The van der Waals surface area contributed by atoms with Crippen molar-refractivity contribution in [1.29, 1.82) is 0 Å². The second-order valence-corrected chi connectivity index (χ2v) is 8.19. The Bertz CT molecular complexity index is 986. The van der Waals surface area contributed by atoms with E-state index >= 15 is 0 Å². The molecule has 1 amide bonds. The van der Waals surface area contributed by atoms with Gasteiger partial charge in [-0.05, 0) is 36.6 Å². The number of fused-ring (bicyclic) bond motifs is 1. The van der Waals surface area contributed by atoms with E-state index in [0.717, 1.165) is 17.8 Å². The van der Waals surface area contributed by atoms with Gasteiger partial charge >= 0.3 is 6.18 Å². The number of aryl methyl sites for hydroxylation is 1. The molecular formula is C18H15Cl2F3N2O3S. The fourth-order valence-corrected chi connectivity index (χ4v) is 4.44. The molecule has 0 spiro atoms. The van der Waals surface area contributed by atoms with E-state index < -0.39 is 23.4 Å². The molecule has 2 aromatic rings. The Morgan fingerprint density at radius 1 is 1.21 bits per heavy atom. The van der Waals surface area contributed by atoms with E-state index in [1.807, 2.05) is 0 Å². The summed E-state index contributed by atoms with van der Waals surface area (Å²) < 4.78 is 38.1. The van der Waals surface area contributed by atoms with E-state index in [9.17, 15) is 28.2 Å². The molecule has 0 saturated heterocycles. The van der Waals surface area contributed by atoms with Crippen molar-refractivity contribution in [3.63, 3.8) is 0 Å². The zero-order valence-electron chi connectivity index (χ0n) is 15.0. The van der Waals surface area contributed by atoms with Crippen molar-refractivity contribution in [2.45, 2.75) is 31.0 Å². The van der Waals surface area contributed by atoms with Crippen LogP contribution in [0, 0.1) is 6.92 Å². The van der Waals surface area contributed by atoms with Crippen LogP contribution in [-0.2, 0) is 23.9 Å². The van der Waals surface area contributed by atoms with Crippen LogP contribution in [-0.4, -0.2) is 38.3 Å². The van der Waals surface area contributed by atoms with Crippen LogP contribution in [0.4, 0.5) is 13.2 Å². The largest absolute Gasteiger partial charge is 0.503 e. The molecule has 1 aliphatic rings. The maximum Gasteiger partial charge on any atom is 0.433 e. The standard InChI is InChI=1S/C18H15Cl2F3N2O3S/c1-8-11(2-3-12(24-8)18(21,22)23)29-7-13(26)25-5-4-9-10(6-25)15(20)17(28)16(27)14(9)19/h2-3,27-28H,4-7H2,1H3. The summed E-state index contributed by atoms with van der Waals surface area (Å²) in [6, 6.07) is 2.18. The minimum absolute atomic E-state index is 0.00135. The Hall–Kier alpha value is -1.84. The summed E-state index contributed by atoms with van der Waals surface area (Å²) in [5.74, 6) is -1.28. The first-order chi connectivity index (χ1) is 13.5. The number of carbonyl (C=O) groups is 1. The van der Waals surface area contributed by atoms with E-state index in [1.165, 1.54) is 17.9 Å². The molecule has 2 N–H and O–H groups in total. The monoisotopic (exact) mass is 466 g/mol. The Kier molecular flexibility index (Phi) is 6.12. The molecular weight excluding hydrogens is 452 g/mol. The molecule has 3 rings (SSSR count). The highest BCUT2D eigenvalue weighted by atomic mass is 35.5. The first-order valence-electron chi connectivity index (χ1n) is 8.36. The van der Waals surface area contributed by atoms with Gasteiger partial charge in [-0.3, -0.25) is 4.79 Å². The van der Waals surface area contributed by atoms with E-state index in [0.29, 0.717) is 29.0 Å². The van der Waals surface area contributed by atoms with E-state index in [1.54, 1.807) is 0 Å². The number of rotatable bonds is 3. The number of phenolic OH excluding ortho intramolecular Hbond substituents is 2. The van der Waals surface area contributed by atoms with Crippen LogP contribution in [0.5, 0.6) is 11.5 Å². The lowest BCUT2D eigenvalue weighted by Gasteiger charge is -2.30. The van der Waals surface area contributed by atoms with Crippen molar-refractivity contribution in [2.24, 2.45) is 0 Å². The molecule has 0 fully saturated rings. The second-order valence-electron chi connectivity index (χ2n) is 6.41. The molecule has 0 radical (unpaired) electrons. The van der Waals surface area contributed by atoms with Gasteiger partial charge in [-0.25, -0.2) is 4.98 Å². The highest BCUT2D eigenvalue weighted by Gasteiger charge is 2.33. The molecule has 0 atom stereocenters. The number of alkyl halides is 3. The Morgan fingerprint density at radius 2 is 1.83 bits per heavy atom. The molecule has 11 heteroatoms. The Morgan fingerprint density at radius 3 is 2.41 bits per heavy atom. The lowest BCUT2D eigenvalue weighted by molar-refractivity contribution is -0.141. The number of thioether (sulfide) groups is 1. The highest BCUT2D eigenvalue weighted by Crippen LogP contribution is 2.46. The number of nitrogens with zero attached hydrogens (tertiary/aromatic N) is 2. The summed E-state index contributed by atoms with van der Waals surface area (Å²) in [7, 11) is 0. The average Bonchev–Trinajstić information content (AvgIpc) is 2.68. The van der Waals surface area contributed by atoms with Crippen molar-refractivity contribution in [2.75, 3.05) is 12.3 Å². The van der Waals surface area contributed by atoms with E-state index in [2.05, 4.69) is 4.98 Å². The Balaban J connectivity index is 1.71. The van der Waals surface area contributed by atoms with Gasteiger partial charge in [0.15, 0.2) is 11.5 Å². The van der Waals surface area contributed by atoms with Gasteiger partial charge in [0.05, 0.1) is 21.5 Å². The third kappa shape index (κ3) is 4.36. The quantitative estimate of drug-likeness (QED) is 0.501. The minimum Gasteiger partial charge on any atom is -0.503 e. The van der Waals surface area contributed by atoms with Crippen molar-refractivity contribution >= 4 is 40.9 Å². The van der Waals surface area contributed by atoms with E-state index in [4.69, 9.17) is 23.2 Å². The number of benzene rings is 1. The van der Waals surface area contributed by atoms with E-state index in [-0.39, 0.29) is 33.9 Å². The van der Waals surface area contributed by atoms with Crippen LogP contribution in [0.3, 0.4) is 0 Å². The van der Waals surface area contributed by atoms with Gasteiger partial charge in [0.1, 0.15) is 5.69 Å². The fourth-order valence-electron chi connectivity index (χ4n) is 3.00. The zero-order chi connectivity index (χ0) is 21.5. The molecule has 0 aliphatic carbocycles. The summed E-state index contributed by atoms with van der Waals surface area (Å²) in [6.07, 6.45) is -4.18. The van der Waals surface area contributed by atoms with Crippen LogP contribution in [0.2, 0.25) is 10.0 Å². The topological polar surface area (TPSA) is 73.7 Å². The SMILES string of the molecule is Cc1nc(C(F)(F)F)ccc1SCC(=O)N1CCc2c(Cl)c(O)c(O)c(Cl)c2C1. The van der Waals surface area contributed by atoms with Gasteiger partial charge in [0.25, 0.3) is 0 Å². The first-order valence-corrected chi connectivity index (χ1v) is 10.1. The number of hydrogen-bond acceptors (Lipinski definition) is 5. The number of pyridine rings is 1. The molecule has 1 aromatic heterocycles. The van der Waals surface area contributed by atoms with Gasteiger partial charge in [0, 0.05) is 18.0 Å². The number of hydrogen-bond donors (Lipinski definition) is 2. The molecule has 5 nitrogen and oxygen atoms in total. The average molecular weight is 467 g/mol. The Labute approximate surface area is 178 Å². The molecule has 156 valence electrons. The summed E-state index contributed by atoms with van der Waals surface area (Å²) in [6.45, 7) is 1.89. The number of aromatic hydroxyl groups is 2. The van der Waals surface area contributed by atoms with Crippen LogP contribution in [0.1, 0.15) is 22.5 Å². The molecule has 2 heterocycles. The summed E-state index contributed by atoms with van der Waals surface area (Å²) in [5, 5.41) is 19.6. The number of carbonyl (C=O) groups excluding carboxylic acids is 1. The summed E-state index contributed by atoms with van der Waals surface area (Å²) in [4.78, 5) is 18.1. The van der Waals surface area contributed by atoms with Crippen LogP contribution in [0.15, 0.2) is 17.0 Å².